The highest BCUT2D eigenvalue weighted by molar-refractivity contribution is 7.14. The molecule has 4 heterocycles. The quantitative estimate of drug-likeness (QED) is 0.251. The van der Waals surface area contributed by atoms with Crippen LogP contribution >= 0.6 is 11.3 Å². The van der Waals surface area contributed by atoms with Gasteiger partial charge in [0.2, 0.25) is 5.91 Å². The number of nitriles is 1. The Kier molecular flexibility index (Phi) is 7.73. The van der Waals surface area contributed by atoms with Gasteiger partial charge in [-0.25, -0.2) is 4.52 Å². The summed E-state index contributed by atoms with van der Waals surface area (Å²) in [5, 5.41) is 40.1. The first-order valence-corrected chi connectivity index (χ1v) is 14.4. The molecule has 0 unspecified atom stereocenters. The number of carbonyl (C=O) groups is 2. The van der Waals surface area contributed by atoms with Crippen LogP contribution in [0.15, 0.2) is 36.7 Å². The van der Waals surface area contributed by atoms with Gasteiger partial charge < -0.3 is 15.7 Å². The number of carbonyl (C=O) groups excluding carboxylic acids is 1. The van der Waals surface area contributed by atoms with E-state index in [4.69, 9.17) is 4.98 Å². The van der Waals surface area contributed by atoms with Gasteiger partial charge in [-0.05, 0) is 77.6 Å². The number of amides is 1. The van der Waals surface area contributed by atoms with Crippen LogP contribution in [0.1, 0.15) is 69.9 Å². The van der Waals surface area contributed by atoms with Crippen molar-refractivity contribution in [1.82, 2.24) is 30.1 Å². The molecule has 0 saturated heterocycles. The van der Waals surface area contributed by atoms with E-state index in [9.17, 15) is 20.0 Å². The average molecular weight is 573 g/mol. The molecule has 1 aliphatic carbocycles. The van der Waals surface area contributed by atoms with E-state index < -0.39 is 17.3 Å². The SMILES string of the molecule is CC(C)Nc1cc(-c2ccc3cc(C#N)cnn23)ncc1-c1nnc(C2CCC(NC(=O)C(C)(C)C(=O)O)CC2)s1. The number of hydrogen-bond acceptors (Lipinski definition) is 9. The molecule has 212 valence electrons. The van der Waals surface area contributed by atoms with Crippen molar-refractivity contribution in [3.8, 4) is 28.0 Å². The third-order valence-electron chi connectivity index (χ3n) is 7.43. The molecular formula is C29H32N8O3S. The Bertz CT molecular complexity index is 1640. The molecule has 1 aliphatic rings. The molecule has 0 bridgehead atoms. The first kappa shape index (κ1) is 28.2. The summed E-state index contributed by atoms with van der Waals surface area (Å²) < 4.78 is 1.77. The van der Waals surface area contributed by atoms with E-state index >= 15 is 0 Å². The zero-order chi connectivity index (χ0) is 29.3. The third-order valence-corrected chi connectivity index (χ3v) is 8.54. The minimum Gasteiger partial charge on any atom is -0.480 e. The van der Waals surface area contributed by atoms with Crippen molar-refractivity contribution in [3.05, 3.63) is 47.2 Å². The number of aromatic nitrogens is 5. The second-order valence-electron chi connectivity index (χ2n) is 11.2. The highest BCUT2D eigenvalue weighted by Crippen LogP contribution is 2.39. The molecule has 0 aliphatic heterocycles. The molecule has 0 radical (unpaired) electrons. The Labute approximate surface area is 241 Å². The Morgan fingerprint density at radius 3 is 2.59 bits per heavy atom. The van der Waals surface area contributed by atoms with E-state index in [2.05, 4.69) is 45.8 Å². The fourth-order valence-corrected chi connectivity index (χ4v) is 5.94. The average Bonchev–Trinajstić information content (AvgIpc) is 3.60. The first-order valence-electron chi connectivity index (χ1n) is 13.6. The number of nitrogens with zero attached hydrogens (tertiary/aromatic N) is 6. The first-order chi connectivity index (χ1) is 19.6. The number of rotatable bonds is 8. The van der Waals surface area contributed by atoms with Gasteiger partial charge in [-0.1, -0.05) is 11.3 Å². The van der Waals surface area contributed by atoms with E-state index in [-0.39, 0.29) is 18.0 Å². The van der Waals surface area contributed by atoms with E-state index in [0.717, 1.165) is 63.9 Å². The molecule has 1 fully saturated rings. The van der Waals surface area contributed by atoms with Gasteiger partial charge in [-0.3, -0.25) is 14.6 Å². The predicted molar refractivity (Wildman–Crippen MR) is 155 cm³/mol. The minimum atomic E-state index is -1.46. The molecule has 1 saturated carbocycles. The maximum Gasteiger partial charge on any atom is 0.318 e. The summed E-state index contributed by atoms with van der Waals surface area (Å²) in [7, 11) is 0. The molecule has 3 N–H and O–H groups in total. The van der Waals surface area contributed by atoms with E-state index in [1.165, 1.54) is 13.8 Å². The number of pyridine rings is 1. The lowest BCUT2D eigenvalue weighted by molar-refractivity contribution is -0.153. The summed E-state index contributed by atoms with van der Waals surface area (Å²) in [6.07, 6.45) is 6.54. The normalized spacial score (nSPS) is 17.4. The molecule has 12 heteroatoms. The molecule has 41 heavy (non-hydrogen) atoms. The Morgan fingerprint density at radius 1 is 1.15 bits per heavy atom. The van der Waals surface area contributed by atoms with Crippen LogP contribution in [0.2, 0.25) is 0 Å². The zero-order valence-corrected chi connectivity index (χ0v) is 24.2. The summed E-state index contributed by atoms with van der Waals surface area (Å²) in [6.45, 7) is 6.99. The van der Waals surface area contributed by atoms with Crippen LogP contribution in [0.5, 0.6) is 0 Å². The van der Waals surface area contributed by atoms with Gasteiger partial charge in [0.05, 0.1) is 34.2 Å². The topological polar surface area (TPSA) is 158 Å². The smallest absolute Gasteiger partial charge is 0.318 e. The second kappa shape index (κ2) is 11.2. The number of nitrogens with one attached hydrogen (secondary N) is 2. The molecule has 1 amide bonds. The zero-order valence-electron chi connectivity index (χ0n) is 23.4. The lowest BCUT2D eigenvalue weighted by Gasteiger charge is -2.30. The van der Waals surface area contributed by atoms with Crippen LogP contribution in [0.25, 0.3) is 27.5 Å². The molecule has 4 aromatic heterocycles. The van der Waals surface area contributed by atoms with Gasteiger partial charge in [-0.2, -0.15) is 10.4 Å². The van der Waals surface area contributed by atoms with Gasteiger partial charge in [0.1, 0.15) is 16.5 Å². The van der Waals surface area contributed by atoms with Gasteiger partial charge >= 0.3 is 5.97 Å². The number of aliphatic carboxylic acids is 1. The van der Waals surface area contributed by atoms with Crippen molar-refractivity contribution in [2.75, 3.05) is 5.32 Å². The van der Waals surface area contributed by atoms with Crippen LogP contribution in [-0.4, -0.2) is 53.9 Å². The van der Waals surface area contributed by atoms with Crippen molar-refractivity contribution in [3.63, 3.8) is 0 Å². The molecular weight excluding hydrogens is 540 g/mol. The van der Waals surface area contributed by atoms with E-state index in [1.807, 2.05) is 24.4 Å². The Morgan fingerprint density at radius 2 is 1.90 bits per heavy atom. The lowest BCUT2D eigenvalue weighted by atomic mass is 9.85. The van der Waals surface area contributed by atoms with Gasteiger partial charge in [-0.15, -0.1) is 10.2 Å². The fraction of sp³-hybridized carbons (Fsp3) is 0.414. The van der Waals surface area contributed by atoms with E-state index in [0.29, 0.717) is 5.56 Å². The third kappa shape index (κ3) is 5.76. The molecule has 5 rings (SSSR count). The standard InChI is InChI=1S/C29H32N8O3S/c1-16(2)33-22-12-23(24-10-9-20-11-17(13-30)14-32-37(20)24)31-15-21(22)26-36-35-25(41-26)18-5-7-19(8-6-18)34-27(38)29(3,4)28(39)40/h9-12,14-16,18-19H,5-8H2,1-4H3,(H,31,33)(H,34,38)(H,39,40). The predicted octanol–water partition coefficient (Wildman–Crippen LogP) is 4.86. The van der Waals surface area contributed by atoms with Crippen LogP contribution in [0.3, 0.4) is 0 Å². The highest BCUT2D eigenvalue weighted by Gasteiger charge is 2.37. The number of fused-ring (bicyclic) bond motifs is 1. The highest BCUT2D eigenvalue weighted by atomic mass is 32.1. The minimum absolute atomic E-state index is 0.0468. The lowest BCUT2D eigenvalue weighted by Crippen LogP contribution is -2.47. The van der Waals surface area contributed by atoms with Gasteiger partial charge in [0, 0.05) is 29.9 Å². The van der Waals surface area contributed by atoms with Crippen LogP contribution in [0, 0.1) is 16.7 Å². The monoisotopic (exact) mass is 572 g/mol. The Hall–Kier alpha value is -4.37. The van der Waals surface area contributed by atoms with E-state index in [1.54, 1.807) is 28.1 Å². The largest absolute Gasteiger partial charge is 0.480 e. The summed E-state index contributed by atoms with van der Waals surface area (Å²) in [5.41, 5.74) is 3.17. The Balaban J connectivity index is 1.34. The van der Waals surface area contributed by atoms with Crippen molar-refractivity contribution >= 4 is 34.4 Å². The molecule has 0 aromatic carbocycles. The van der Waals surface area contributed by atoms with Gasteiger partial charge in [0.25, 0.3) is 0 Å². The van der Waals surface area contributed by atoms with Crippen molar-refractivity contribution in [1.29, 1.82) is 5.26 Å². The van der Waals surface area contributed by atoms with Crippen molar-refractivity contribution in [2.45, 2.75) is 71.4 Å². The molecule has 4 aromatic rings. The molecule has 0 spiro atoms. The van der Waals surface area contributed by atoms with Crippen molar-refractivity contribution in [2.24, 2.45) is 5.41 Å². The van der Waals surface area contributed by atoms with Gasteiger partial charge in [0.15, 0.2) is 5.01 Å². The maximum absolute atomic E-state index is 12.4. The summed E-state index contributed by atoms with van der Waals surface area (Å²) in [4.78, 5) is 28.6. The molecule has 0 atom stereocenters. The summed E-state index contributed by atoms with van der Waals surface area (Å²) in [5.74, 6) is -1.36. The number of hydrogen-bond donors (Lipinski definition) is 3. The fourth-order valence-electron chi connectivity index (χ4n) is 4.91. The number of carboxylic acid groups (broad SMARTS) is 1. The summed E-state index contributed by atoms with van der Waals surface area (Å²) >= 11 is 1.55. The number of carboxylic acids is 1. The van der Waals surface area contributed by atoms with Crippen LogP contribution < -0.4 is 10.6 Å². The van der Waals surface area contributed by atoms with Crippen molar-refractivity contribution < 1.29 is 14.7 Å². The van der Waals surface area contributed by atoms with Crippen LogP contribution in [0.4, 0.5) is 5.69 Å². The second-order valence-corrected chi connectivity index (χ2v) is 12.2. The molecule has 11 nitrogen and oxygen atoms in total. The summed E-state index contributed by atoms with van der Waals surface area (Å²) in [6, 6.07) is 9.88. The van der Waals surface area contributed by atoms with Crippen LogP contribution in [-0.2, 0) is 9.59 Å². The number of anilines is 1. The maximum atomic E-state index is 12.4.